The molecule has 1 atom stereocenters. The number of halogens is 1. The lowest BCUT2D eigenvalue weighted by molar-refractivity contribution is -0.133. The molecule has 0 bridgehead atoms. The maximum Gasteiger partial charge on any atom is 0.229 e. The molecular weight excluding hydrogens is 430 g/mol. The molecule has 2 saturated heterocycles. The van der Waals surface area contributed by atoms with E-state index in [9.17, 15) is 14.4 Å². The number of likely N-dealkylation sites (tertiary alicyclic amines) is 1. The summed E-state index contributed by atoms with van der Waals surface area (Å²) < 4.78 is 5.35. The van der Waals surface area contributed by atoms with Crippen LogP contribution < -0.4 is 15.0 Å². The normalized spacial score (nSPS) is 18.8. The Morgan fingerprint density at radius 2 is 2.00 bits per heavy atom. The van der Waals surface area contributed by atoms with Gasteiger partial charge in [0.1, 0.15) is 5.75 Å². The van der Waals surface area contributed by atoms with Crippen molar-refractivity contribution in [3.63, 3.8) is 0 Å². The topological polar surface area (TPSA) is 79.0 Å². The van der Waals surface area contributed by atoms with Gasteiger partial charge in [-0.3, -0.25) is 14.4 Å². The first-order chi connectivity index (χ1) is 15.4. The highest BCUT2D eigenvalue weighted by Gasteiger charge is 2.36. The lowest BCUT2D eigenvalue weighted by Crippen LogP contribution is -2.34. The van der Waals surface area contributed by atoms with Gasteiger partial charge in [-0.1, -0.05) is 23.7 Å². The third kappa shape index (κ3) is 4.88. The number of ether oxygens (including phenoxy) is 1. The number of nitrogens with zero attached hydrogens (tertiary/aromatic N) is 2. The number of anilines is 2. The number of carbonyl (C=O) groups excluding carboxylic acids is 3. The average molecular weight is 456 g/mol. The van der Waals surface area contributed by atoms with Gasteiger partial charge in [0.2, 0.25) is 17.7 Å². The summed E-state index contributed by atoms with van der Waals surface area (Å²) >= 11 is 6.10. The highest BCUT2D eigenvalue weighted by Crippen LogP contribution is 2.35. The van der Waals surface area contributed by atoms with Crippen LogP contribution in [0.25, 0.3) is 0 Å². The minimum Gasteiger partial charge on any atom is -0.495 e. The molecule has 7 nitrogen and oxygen atoms in total. The van der Waals surface area contributed by atoms with Crippen LogP contribution in [0.3, 0.4) is 0 Å². The summed E-state index contributed by atoms with van der Waals surface area (Å²) in [7, 11) is 1.53. The number of piperidine rings is 1. The molecule has 2 fully saturated rings. The SMILES string of the molecule is COc1ccc(Cl)cc1N1CC(C(=O)Nc2cccc(CN3CCCCC3=O)c2)CC1=O. The van der Waals surface area contributed by atoms with E-state index in [0.717, 1.165) is 24.9 Å². The number of carbonyl (C=O) groups is 3. The number of nitrogens with one attached hydrogen (secondary N) is 1. The highest BCUT2D eigenvalue weighted by molar-refractivity contribution is 6.31. The average Bonchev–Trinajstić information content (AvgIpc) is 3.17. The summed E-state index contributed by atoms with van der Waals surface area (Å²) in [6.07, 6.45) is 2.68. The van der Waals surface area contributed by atoms with Gasteiger partial charge in [-0.15, -0.1) is 0 Å². The van der Waals surface area contributed by atoms with Crippen molar-refractivity contribution in [2.24, 2.45) is 5.92 Å². The Hall–Kier alpha value is -3.06. The predicted molar refractivity (Wildman–Crippen MR) is 123 cm³/mol. The first-order valence-electron chi connectivity index (χ1n) is 10.8. The standard InChI is InChI=1S/C24H26ClN3O4/c1-32-21-9-8-18(25)13-20(21)28-15-17(12-23(28)30)24(31)26-19-6-4-5-16(11-19)14-27-10-3-2-7-22(27)29/h4-6,8-9,11,13,17H,2-3,7,10,12,14-15H2,1H3,(H,26,31). The number of rotatable bonds is 6. The van der Waals surface area contributed by atoms with Crippen LogP contribution in [-0.2, 0) is 20.9 Å². The third-order valence-corrected chi connectivity index (χ3v) is 6.15. The Bertz CT molecular complexity index is 1040. The Morgan fingerprint density at radius 3 is 2.78 bits per heavy atom. The minimum atomic E-state index is -0.487. The zero-order valence-electron chi connectivity index (χ0n) is 18.0. The summed E-state index contributed by atoms with van der Waals surface area (Å²) in [5, 5.41) is 3.42. The van der Waals surface area contributed by atoms with Crippen molar-refractivity contribution in [3.05, 3.63) is 53.1 Å². The lowest BCUT2D eigenvalue weighted by atomic mass is 10.1. The van der Waals surface area contributed by atoms with Gasteiger partial charge in [-0.05, 0) is 48.7 Å². The molecule has 8 heteroatoms. The molecule has 4 rings (SSSR count). The Balaban J connectivity index is 1.42. The molecule has 0 aliphatic carbocycles. The van der Waals surface area contributed by atoms with Gasteiger partial charge in [0.05, 0.1) is 18.7 Å². The van der Waals surface area contributed by atoms with Crippen molar-refractivity contribution in [2.45, 2.75) is 32.2 Å². The van der Waals surface area contributed by atoms with Crippen molar-refractivity contribution >= 4 is 40.7 Å². The number of hydrogen-bond acceptors (Lipinski definition) is 4. The lowest BCUT2D eigenvalue weighted by Gasteiger charge is -2.27. The van der Waals surface area contributed by atoms with Crippen molar-refractivity contribution in [1.29, 1.82) is 0 Å². The number of methoxy groups -OCH3 is 1. The van der Waals surface area contributed by atoms with Crippen LogP contribution in [0.5, 0.6) is 5.75 Å². The highest BCUT2D eigenvalue weighted by atomic mass is 35.5. The number of benzene rings is 2. The van der Waals surface area contributed by atoms with E-state index in [0.29, 0.717) is 35.1 Å². The van der Waals surface area contributed by atoms with Crippen molar-refractivity contribution in [2.75, 3.05) is 30.4 Å². The molecule has 3 amide bonds. The molecule has 2 heterocycles. The van der Waals surface area contributed by atoms with Gasteiger partial charge in [-0.25, -0.2) is 0 Å². The van der Waals surface area contributed by atoms with Crippen molar-refractivity contribution in [3.8, 4) is 5.75 Å². The van der Waals surface area contributed by atoms with E-state index in [1.807, 2.05) is 29.2 Å². The quantitative estimate of drug-likeness (QED) is 0.717. The van der Waals surface area contributed by atoms with E-state index < -0.39 is 5.92 Å². The van der Waals surface area contributed by atoms with Crippen LogP contribution in [0.2, 0.25) is 5.02 Å². The fourth-order valence-electron chi connectivity index (χ4n) is 4.23. The monoisotopic (exact) mass is 455 g/mol. The van der Waals surface area contributed by atoms with Gasteiger partial charge >= 0.3 is 0 Å². The van der Waals surface area contributed by atoms with E-state index >= 15 is 0 Å². The van der Waals surface area contributed by atoms with Crippen LogP contribution >= 0.6 is 11.6 Å². The fourth-order valence-corrected chi connectivity index (χ4v) is 4.40. The fraction of sp³-hybridized carbons (Fsp3) is 0.375. The maximum absolute atomic E-state index is 12.9. The van der Waals surface area contributed by atoms with Crippen molar-refractivity contribution in [1.82, 2.24) is 4.90 Å². The second kappa shape index (κ2) is 9.61. The smallest absolute Gasteiger partial charge is 0.229 e. The second-order valence-corrected chi connectivity index (χ2v) is 8.62. The first kappa shape index (κ1) is 22.1. The van der Waals surface area contributed by atoms with Crippen LogP contribution in [0.15, 0.2) is 42.5 Å². The molecule has 0 radical (unpaired) electrons. The molecule has 0 aromatic heterocycles. The van der Waals surface area contributed by atoms with E-state index in [2.05, 4.69) is 5.32 Å². The van der Waals surface area contributed by atoms with Gasteiger partial charge in [0, 0.05) is 43.2 Å². The summed E-state index contributed by atoms with van der Waals surface area (Å²) in [6, 6.07) is 12.6. The van der Waals surface area contributed by atoms with Gasteiger partial charge < -0.3 is 19.9 Å². The molecule has 2 aromatic carbocycles. The second-order valence-electron chi connectivity index (χ2n) is 8.18. The summed E-state index contributed by atoms with van der Waals surface area (Å²) in [4.78, 5) is 41.0. The summed E-state index contributed by atoms with van der Waals surface area (Å²) in [5.74, 6) is -0.148. The third-order valence-electron chi connectivity index (χ3n) is 5.92. The Morgan fingerprint density at radius 1 is 1.16 bits per heavy atom. The number of amides is 3. The zero-order chi connectivity index (χ0) is 22.7. The molecule has 2 aliphatic rings. The molecule has 168 valence electrons. The van der Waals surface area contributed by atoms with Gasteiger partial charge in [-0.2, -0.15) is 0 Å². The largest absolute Gasteiger partial charge is 0.495 e. The molecule has 1 unspecified atom stereocenters. The van der Waals surface area contributed by atoms with Crippen LogP contribution in [0.1, 0.15) is 31.2 Å². The predicted octanol–water partition coefficient (Wildman–Crippen LogP) is 3.85. The van der Waals surface area contributed by atoms with Crippen LogP contribution in [-0.4, -0.2) is 42.8 Å². The van der Waals surface area contributed by atoms with E-state index in [-0.39, 0.29) is 30.7 Å². The molecule has 2 aromatic rings. The maximum atomic E-state index is 12.9. The number of hydrogen-bond donors (Lipinski definition) is 1. The summed E-state index contributed by atoms with van der Waals surface area (Å²) in [6.45, 7) is 1.55. The zero-order valence-corrected chi connectivity index (χ0v) is 18.7. The van der Waals surface area contributed by atoms with E-state index in [1.165, 1.54) is 7.11 Å². The van der Waals surface area contributed by atoms with Gasteiger partial charge in [0.15, 0.2) is 0 Å². The minimum absolute atomic E-state index is 0.115. The summed E-state index contributed by atoms with van der Waals surface area (Å²) in [5.41, 5.74) is 2.18. The van der Waals surface area contributed by atoms with Crippen LogP contribution in [0.4, 0.5) is 11.4 Å². The van der Waals surface area contributed by atoms with E-state index in [4.69, 9.17) is 16.3 Å². The molecule has 0 spiro atoms. The van der Waals surface area contributed by atoms with Crippen LogP contribution in [0, 0.1) is 5.92 Å². The van der Waals surface area contributed by atoms with Crippen molar-refractivity contribution < 1.29 is 19.1 Å². The molecule has 32 heavy (non-hydrogen) atoms. The molecular formula is C24H26ClN3O4. The Labute approximate surface area is 192 Å². The molecule has 0 saturated carbocycles. The molecule has 2 aliphatic heterocycles. The van der Waals surface area contributed by atoms with Gasteiger partial charge in [0.25, 0.3) is 0 Å². The first-order valence-corrected chi connectivity index (χ1v) is 11.1. The molecule has 1 N–H and O–H groups in total. The van der Waals surface area contributed by atoms with E-state index in [1.54, 1.807) is 23.1 Å². The Kier molecular flexibility index (Phi) is 6.65.